The first kappa shape index (κ1) is 12.1. The molecule has 1 atom stereocenters. The largest absolute Gasteiger partial charge is 0.376 e. The van der Waals surface area contributed by atoms with E-state index >= 15 is 0 Å². The number of thiophene rings is 1. The lowest BCUT2D eigenvalue weighted by atomic mass is 10.1. The molecule has 0 spiro atoms. The number of hydrogen-bond acceptors (Lipinski definition) is 3. The Labute approximate surface area is 106 Å². The maximum absolute atomic E-state index is 5.85. The minimum atomic E-state index is 0.206. The van der Waals surface area contributed by atoms with Crippen molar-refractivity contribution in [2.75, 3.05) is 11.9 Å². The number of nitrogens with two attached hydrogens (primary N) is 1. The topological polar surface area (TPSA) is 38.0 Å². The summed E-state index contributed by atoms with van der Waals surface area (Å²) in [6.07, 6.45) is 0. The van der Waals surface area contributed by atoms with Gasteiger partial charge in [0.1, 0.15) is 0 Å². The Kier molecular flexibility index (Phi) is 3.82. The van der Waals surface area contributed by atoms with Crippen molar-refractivity contribution in [2.24, 2.45) is 5.73 Å². The molecule has 1 aromatic carbocycles. The van der Waals surface area contributed by atoms with E-state index in [2.05, 4.69) is 54.9 Å². The Balaban J connectivity index is 2.16. The predicted octanol–water partition coefficient (Wildman–Crippen LogP) is 3.48. The first-order chi connectivity index (χ1) is 8.20. The maximum atomic E-state index is 5.85. The SMILES string of the molecule is Cc1ccc(NC(CN)c2sccc2C)cc1. The zero-order chi connectivity index (χ0) is 12.3. The molecule has 3 N–H and O–H groups in total. The van der Waals surface area contributed by atoms with E-state index in [4.69, 9.17) is 5.73 Å². The van der Waals surface area contributed by atoms with Gasteiger partial charge in [-0.1, -0.05) is 17.7 Å². The average Bonchev–Trinajstić information content (AvgIpc) is 2.75. The summed E-state index contributed by atoms with van der Waals surface area (Å²) in [4.78, 5) is 1.33. The summed E-state index contributed by atoms with van der Waals surface area (Å²) in [5.41, 5.74) is 9.56. The molecule has 0 aliphatic heterocycles. The molecule has 0 fully saturated rings. The molecule has 1 unspecified atom stereocenters. The van der Waals surface area contributed by atoms with Crippen LogP contribution in [0, 0.1) is 13.8 Å². The molecular weight excluding hydrogens is 228 g/mol. The monoisotopic (exact) mass is 246 g/mol. The summed E-state index contributed by atoms with van der Waals surface area (Å²) in [5, 5.41) is 5.60. The van der Waals surface area contributed by atoms with Gasteiger partial charge in [0, 0.05) is 17.1 Å². The van der Waals surface area contributed by atoms with E-state index in [0.717, 1.165) is 5.69 Å². The first-order valence-electron chi connectivity index (χ1n) is 5.78. The highest BCUT2D eigenvalue weighted by Crippen LogP contribution is 2.26. The van der Waals surface area contributed by atoms with Crippen LogP contribution in [0.1, 0.15) is 22.0 Å². The molecule has 1 aromatic heterocycles. The number of benzene rings is 1. The maximum Gasteiger partial charge on any atom is 0.0731 e. The molecule has 17 heavy (non-hydrogen) atoms. The Morgan fingerprint density at radius 2 is 1.88 bits per heavy atom. The van der Waals surface area contributed by atoms with Crippen LogP contribution in [0.15, 0.2) is 35.7 Å². The van der Waals surface area contributed by atoms with Crippen LogP contribution in [0.3, 0.4) is 0 Å². The van der Waals surface area contributed by atoms with E-state index in [9.17, 15) is 0 Å². The predicted molar refractivity (Wildman–Crippen MR) is 75.7 cm³/mol. The number of aryl methyl sites for hydroxylation is 2. The van der Waals surface area contributed by atoms with Crippen LogP contribution in [-0.2, 0) is 0 Å². The van der Waals surface area contributed by atoms with Gasteiger partial charge in [0.25, 0.3) is 0 Å². The second kappa shape index (κ2) is 5.34. The van der Waals surface area contributed by atoms with Crippen LogP contribution >= 0.6 is 11.3 Å². The highest BCUT2D eigenvalue weighted by molar-refractivity contribution is 7.10. The fraction of sp³-hybridized carbons (Fsp3) is 0.286. The summed E-state index contributed by atoms with van der Waals surface area (Å²) in [5.74, 6) is 0. The molecule has 0 saturated heterocycles. The summed E-state index contributed by atoms with van der Waals surface area (Å²) < 4.78 is 0. The second-order valence-corrected chi connectivity index (χ2v) is 5.21. The Hall–Kier alpha value is -1.32. The molecule has 0 bridgehead atoms. The quantitative estimate of drug-likeness (QED) is 0.866. The number of rotatable bonds is 4. The summed E-state index contributed by atoms with van der Waals surface area (Å²) >= 11 is 1.76. The fourth-order valence-electron chi connectivity index (χ4n) is 1.82. The lowest BCUT2D eigenvalue weighted by molar-refractivity contribution is 0.800. The molecule has 2 rings (SSSR count). The minimum absolute atomic E-state index is 0.206. The minimum Gasteiger partial charge on any atom is -0.376 e. The summed E-state index contributed by atoms with van der Waals surface area (Å²) in [7, 11) is 0. The van der Waals surface area contributed by atoms with E-state index in [1.54, 1.807) is 11.3 Å². The molecule has 0 saturated carbocycles. The van der Waals surface area contributed by atoms with Crippen molar-refractivity contribution in [1.82, 2.24) is 0 Å². The lowest BCUT2D eigenvalue weighted by Gasteiger charge is -2.18. The van der Waals surface area contributed by atoms with Crippen LogP contribution in [0.4, 0.5) is 5.69 Å². The molecular formula is C14H18N2S. The highest BCUT2D eigenvalue weighted by Gasteiger charge is 2.12. The second-order valence-electron chi connectivity index (χ2n) is 4.27. The van der Waals surface area contributed by atoms with Crippen LogP contribution < -0.4 is 11.1 Å². The third-order valence-corrected chi connectivity index (χ3v) is 3.98. The van der Waals surface area contributed by atoms with E-state index in [1.165, 1.54) is 16.0 Å². The normalized spacial score (nSPS) is 12.4. The van der Waals surface area contributed by atoms with Crippen molar-refractivity contribution in [3.05, 3.63) is 51.7 Å². The van der Waals surface area contributed by atoms with Crippen molar-refractivity contribution in [2.45, 2.75) is 19.9 Å². The summed E-state index contributed by atoms with van der Waals surface area (Å²) in [6, 6.07) is 10.8. The van der Waals surface area contributed by atoms with E-state index < -0.39 is 0 Å². The van der Waals surface area contributed by atoms with Crippen molar-refractivity contribution in [3.63, 3.8) is 0 Å². The zero-order valence-electron chi connectivity index (χ0n) is 10.2. The molecule has 2 nitrogen and oxygen atoms in total. The van der Waals surface area contributed by atoms with Gasteiger partial charge in [0.2, 0.25) is 0 Å². The van der Waals surface area contributed by atoms with Gasteiger partial charge < -0.3 is 11.1 Å². The average molecular weight is 246 g/mol. The Bertz CT molecular complexity index is 473. The zero-order valence-corrected chi connectivity index (χ0v) is 11.1. The van der Waals surface area contributed by atoms with Gasteiger partial charge in [0.05, 0.1) is 6.04 Å². The summed E-state index contributed by atoms with van der Waals surface area (Å²) in [6.45, 7) is 4.83. The van der Waals surface area contributed by atoms with E-state index in [1.807, 2.05) is 0 Å². The van der Waals surface area contributed by atoms with Gasteiger partial charge in [-0.2, -0.15) is 0 Å². The van der Waals surface area contributed by atoms with Gasteiger partial charge in [-0.05, 0) is 43.0 Å². The van der Waals surface area contributed by atoms with Gasteiger partial charge in [0.15, 0.2) is 0 Å². The smallest absolute Gasteiger partial charge is 0.0731 e. The van der Waals surface area contributed by atoms with Gasteiger partial charge in [-0.15, -0.1) is 11.3 Å². The molecule has 0 radical (unpaired) electrons. The number of hydrogen-bond donors (Lipinski definition) is 2. The van der Waals surface area contributed by atoms with Crippen LogP contribution in [0.2, 0.25) is 0 Å². The molecule has 2 aromatic rings. The van der Waals surface area contributed by atoms with Crippen molar-refractivity contribution < 1.29 is 0 Å². The van der Waals surface area contributed by atoms with Crippen molar-refractivity contribution >= 4 is 17.0 Å². The van der Waals surface area contributed by atoms with Crippen molar-refractivity contribution in [1.29, 1.82) is 0 Å². The standard InChI is InChI=1S/C14H18N2S/c1-10-3-5-12(6-4-10)16-13(9-15)14-11(2)7-8-17-14/h3-8,13,16H,9,15H2,1-2H3. The molecule has 0 aliphatic rings. The molecule has 90 valence electrons. The van der Waals surface area contributed by atoms with Crippen LogP contribution in [-0.4, -0.2) is 6.54 Å². The molecule has 3 heteroatoms. The van der Waals surface area contributed by atoms with E-state index in [0.29, 0.717) is 6.54 Å². The van der Waals surface area contributed by atoms with Crippen LogP contribution in [0.25, 0.3) is 0 Å². The molecule has 0 aliphatic carbocycles. The third-order valence-electron chi connectivity index (χ3n) is 2.85. The van der Waals surface area contributed by atoms with Crippen LogP contribution in [0.5, 0.6) is 0 Å². The van der Waals surface area contributed by atoms with Gasteiger partial charge in [-0.25, -0.2) is 0 Å². The Morgan fingerprint density at radius 1 is 1.18 bits per heavy atom. The number of anilines is 1. The molecule has 1 heterocycles. The third kappa shape index (κ3) is 2.87. The highest BCUT2D eigenvalue weighted by atomic mass is 32.1. The van der Waals surface area contributed by atoms with Gasteiger partial charge >= 0.3 is 0 Å². The number of nitrogens with one attached hydrogen (secondary N) is 1. The Morgan fingerprint density at radius 3 is 2.41 bits per heavy atom. The lowest BCUT2D eigenvalue weighted by Crippen LogP contribution is -2.20. The first-order valence-corrected chi connectivity index (χ1v) is 6.66. The fourth-order valence-corrected chi connectivity index (χ4v) is 2.82. The van der Waals surface area contributed by atoms with Crippen molar-refractivity contribution in [3.8, 4) is 0 Å². The van der Waals surface area contributed by atoms with Gasteiger partial charge in [-0.3, -0.25) is 0 Å². The van der Waals surface area contributed by atoms with E-state index in [-0.39, 0.29) is 6.04 Å². The molecule has 0 amide bonds.